The van der Waals surface area contributed by atoms with Crippen LogP contribution in [0.5, 0.6) is 0 Å². The van der Waals surface area contributed by atoms with Crippen molar-refractivity contribution in [3.05, 3.63) is 24.2 Å². The number of hydrogen-bond donors (Lipinski definition) is 1. The summed E-state index contributed by atoms with van der Waals surface area (Å²) in [5.41, 5.74) is 0. The predicted molar refractivity (Wildman–Crippen MR) is 61.3 cm³/mol. The number of furan rings is 1. The van der Waals surface area contributed by atoms with Crippen molar-refractivity contribution in [2.24, 2.45) is 5.92 Å². The van der Waals surface area contributed by atoms with Crippen molar-refractivity contribution in [3.8, 4) is 0 Å². The maximum Gasteiger partial charge on any atom is 0.405 e. The maximum atomic E-state index is 12.0. The molecule has 1 unspecified atom stereocenters. The molecule has 0 aliphatic carbocycles. The van der Waals surface area contributed by atoms with Crippen LogP contribution in [0.1, 0.15) is 12.2 Å². The van der Waals surface area contributed by atoms with Crippen LogP contribution >= 0.6 is 0 Å². The van der Waals surface area contributed by atoms with Crippen LogP contribution in [0.4, 0.5) is 13.2 Å². The van der Waals surface area contributed by atoms with E-state index in [9.17, 15) is 22.8 Å². The van der Waals surface area contributed by atoms with Crippen LogP contribution < -0.4 is 5.32 Å². The smallest absolute Gasteiger partial charge is 0.405 e. The molecule has 1 N–H and O–H groups in total. The third-order valence-electron chi connectivity index (χ3n) is 2.98. The largest absolute Gasteiger partial charge is 0.467 e. The van der Waals surface area contributed by atoms with Gasteiger partial charge in [0, 0.05) is 13.0 Å². The zero-order valence-electron chi connectivity index (χ0n) is 10.4. The van der Waals surface area contributed by atoms with E-state index >= 15 is 0 Å². The van der Waals surface area contributed by atoms with E-state index in [1.807, 2.05) is 0 Å². The van der Waals surface area contributed by atoms with Crippen molar-refractivity contribution in [1.29, 1.82) is 0 Å². The average Bonchev–Trinajstić information content (AvgIpc) is 2.97. The van der Waals surface area contributed by atoms with Gasteiger partial charge in [0.1, 0.15) is 12.3 Å². The Hall–Kier alpha value is -1.99. The van der Waals surface area contributed by atoms with Crippen LogP contribution in [-0.2, 0) is 16.1 Å². The van der Waals surface area contributed by atoms with Gasteiger partial charge in [-0.05, 0) is 12.1 Å². The Morgan fingerprint density at radius 2 is 2.25 bits per heavy atom. The quantitative estimate of drug-likeness (QED) is 0.909. The fourth-order valence-electron chi connectivity index (χ4n) is 2.02. The van der Waals surface area contributed by atoms with Crippen molar-refractivity contribution in [2.75, 3.05) is 13.1 Å². The van der Waals surface area contributed by atoms with Gasteiger partial charge in [-0.15, -0.1) is 0 Å². The molecule has 0 spiro atoms. The molecule has 0 aromatic carbocycles. The van der Waals surface area contributed by atoms with Crippen molar-refractivity contribution in [3.63, 3.8) is 0 Å². The zero-order valence-corrected chi connectivity index (χ0v) is 10.4. The summed E-state index contributed by atoms with van der Waals surface area (Å²) in [6.45, 7) is -1.06. The highest BCUT2D eigenvalue weighted by atomic mass is 19.4. The van der Waals surface area contributed by atoms with E-state index in [1.54, 1.807) is 17.4 Å². The van der Waals surface area contributed by atoms with Gasteiger partial charge in [-0.1, -0.05) is 0 Å². The monoisotopic (exact) mass is 290 g/mol. The number of amides is 2. The highest BCUT2D eigenvalue weighted by molar-refractivity contribution is 5.89. The van der Waals surface area contributed by atoms with Crippen molar-refractivity contribution in [2.45, 2.75) is 19.1 Å². The second kappa shape index (κ2) is 5.56. The third-order valence-corrected chi connectivity index (χ3v) is 2.98. The highest BCUT2D eigenvalue weighted by Crippen LogP contribution is 2.21. The first kappa shape index (κ1) is 14.4. The first-order valence-corrected chi connectivity index (χ1v) is 6.00. The van der Waals surface area contributed by atoms with Crippen LogP contribution in [0.25, 0.3) is 0 Å². The number of carbonyl (C=O) groups is 2. The summed E-state index contributed by atoms with van der Waals surface area (Å²) in [6, 6.07) is 3.35. The fraction of sp³-hybridized carbons (Fsp3) is 0.500. The second-order valence-electron chi connectivity index (χ2n) is 4.59. The minimum Gasteiger partial charge on any atom is -0.467 e. The van der Waals surface area contributed by atoms with Gasteiger partial charge in [-0.2, -0.15) is 13.2 Å². The topological polar surface area (TPSA) is 62.6 Å². The molecule has 2 amide bonds. The minimum absolute atomic E-state index is 0.0790. The molecule has 1 saturated heterocycles. The van der Waals surface area contributed by atoms with Crippen molar-refractivity contribution < 1.29 is 27.2 Å². The number of alkyl halides is 3. The number of likely N-dealkylation sites (tertiary alicyclic amines) is 1. The number of nitrogens with zero attached hydrogens (tertiary/aromatic N) is 1. The van der Waals surface area contributed by atoms with Crippen molar-refractivity contribution >= 4 is 11.8 Å². The molecular weight excluding hydrogens is 277 g/mol. The van der Waals surface area contributed by atoms with Crippen molar-refractivity contribution in [1.82, 2.24) is 10.2 Å². The Bertz CT molecular complexity index is 485. The Balaban J connectivity index is 1.86. The number of hydrogen-bond acceptors (Lipinski definition) is 3. The van der Waals surface area contributed by atoms with Gasteiger partial charge in [-0.3, -0.25) is 9.59 Å². The summed E-state index contributed by atoms with van der Waals surface area (Å²) < 4.78 is 41.1. The van der Waals surface area contributed by atoms with E-state index < -0.39 is 24.5 Å². The van der Waals surface area contributed by atoms with Gasteiger partial charge in [-0.25, -0.2) is 0 Å². The molecule has 1 aromatic heterocycles. The normalized spacial score (nSPS) is 19.4. The minimum atomic E-state index is -4.45. The van der Waals surface area contributed by atoms with Gasteiger partial charge < -0.3 is 14.6 Å². The molecule has 2 heterocycles. The Morgan fingerprint density at radius 1 is 1.50 bits per heavy atom. The van der Waals surface area contributed by atoms with E-state index in [2.05, 4.69) is 0 Å². The molecule has 0 bridgehead atoms. The maximum absolute atomic E-state index is 12.0. The molecule has 8 heteroatoms. The molecule has 5 nitrogen and oxygen atoms in total. The third kappa shape index (κ3) is 3.75. The fourth-order valence-corrected chi connectivity index (χ4v) is 2.02. The number of rotatable bonds is 4. The molecule has 1 atom stereocenters. The van der Waals surface area contributed by atoms with Gasteiger partial charge >= 0.3 is 6.18 Å². The number of carbonyl (C=O) groups excluding carboxylic acids is 2. The van der Waals surface area contributed by atoms with E-state index in [0.29, 0.717) is 5.76 Å². The van der Waals surface area contributed by atoms with Gasteiger partial charge in [0.2, 0.25) is 11.8 Å². The first-order valence-electron chi connectivity index (χ1n) is 6.00. The standard InChI is InChI=1S/C12H13F3N2O3/c13-12(14,15)7-16-11(19)8-4-10(18)17(5-8)6-9-2-1-3-20-9/h1-3,8H,4-7H2,(H,16,19). The molecule has 1 aromatic rings. The molecule has 20 heavy (non-hydrogen) atoms. The molecule has 0 saturated carbocycles. The molecule has 2 rings (SSSR count). The van der Waals surface area contributed by atoms with Gasteiger partial charge in [0.15, 0.2) is 0 Å². The van der Waals surface area contributed by atoms with E-state index in [1.165, 1.54) is 11.2 Å². The summed E-state index contributed by atoms with van der Waals surface area (Å²) in [6.07, 6.45) is -3.07. The molecule has 1 aliphatic rings. The van der Waals surface area contributed by atoms with Crippen LogP contribution in [-0.4, -0.2) is 36.0 Å². The zero-order chi connectivity index (χ0) is 14.8. The molecule has 1 aliphatic heterocycles. The Labute approximate surface area is 112 Å². The molecule has 0 radical (unpaired) electrons. The van der Waals surface area contributed by atoms with Crippen LogP contribution in [0.2, 0.25) is 0 Å². The number of nitrogens with one attached hydrogen (secondary N) is 1. The summed E-state index contributed by atoms with van der Waals surface area (Å²) >= 11 is 0. The van der Waals surface area contributed by atoms with Gasteiger partial charge in [0.05, 0.1) is 18.7 Å². The lowest BCUT2D eigenvalue weighted by Crippen LogP contribution is -2.38. The van der Waals surface area contributed by atoms with Crippen LogP contribution in [0, 0.1) is 5.92 Å². The average molecular weight is 290 g/mol. The summed E-state index contributed by atoms with van der Waals surface area (Å²) in [5, 5.41) is 1.80. The summed E-state index contributed by atoms with van der Waals surface area (Å²) in [7, 11) is 0. The Kier molecular flexibility index (Phi) is 4.01. The SMILES string of the molecule is O=C(NCC(F)(F)F)C1CC(=O)N(Cc2ccco2)C1. The Morgan fingerprint density at radius 3 is 2.85 bits per heavy atom. The highest BCUT2D eigenvalue weighted by Gasteiger charge is 2.36. The second-order valence-corrected chi connectivity index (χ2v) is 4.59. The molecule has 1 fully saturated rings. The number of halogens is 3. The lowest BCUT2D eigenvalue weighted by atomic mass is 10.1. The van der Waals surface area contributed by atoms with Crippen LogP contribution in [0.3, 0.4) is 0 Å². The summed E-state index contributed by atoms with van der Waals surface area (Å²) in [4.78, 5) is 24.7. The summed E-state index contributed by atoms with van der Waals surface area (Å²) in [5.74, 6) is -1.21. The lowest BCUT2D eigenvalue weighted by molar-refractivity contribution is -0.140. The first-order chi connectivity index (χ1) is 9.35. The van der Waals surface area contributed by atoms with E-state index in [-0.39, 0.29) is 25.4 Å². The predicted octanol–water partition coefficient (Wildman–Crippen LogP) is 1.31. The molecular formula is C12H13F3N2O3. The van der Waals surface area contributed by atoms with Gasteiger partial charge in [0.25, 0.3) is 0 Å². The lowest BCUT2D eigenvalue weighted by Gasteiger charge is -2.15. The molecule has 110 valence electrons. The van der Waals surface area contributed by atoms with E-state index in [4.69, 9.17) is 4.42 Å². The van der Waals surface area contributed by atoms with E-state index in [0.717, 1.165) is 0 Å². The van der Waals surface area contributed by atoms with Crippen LogP contribution in [0.15, 0.2) is 22.8 Å².